The minimum absolute atomic E-state index is 0.00160. The van der Waals surface area contributed by atoms with E-state index in [9.17, 15) is 9.90 Å². The highest BCUT2D eigenvalue weighted by molar-refractivity contribution is 6.53. The number of rotatable bonds is 15. The molecule has 274 valence electrons. The fourth-order valence-electron chi connectivity index (χ4n) is 7.22. The van der Waals surface area contributed by atoms with Gasteiger partial charge >= 0.3 is 0 Å². The maximum atomic E-state index is 12.8. The van der Waals surface area contributed by atoms with Gasteiger partial charge in [-0.1, -0.05) is 90.8 Å². The first-order chi connectivity index (χ1) is 26.4. The lowest BCUT2D eigenvalue weighted by Crippen LogP contribution is -2.42. The number of ether oxygens (including phenoxy) is 1. The number of hydrogen-bond donors (Lipinski definition) is 4. The van der Waals surface area contributed by atoms with Crippen LogP contribution in [0.5, 0.6) is 11.5 Å². The number of carbonyl (C=O) groups excluding carboxylic acids is 1. The van der Waals surface area contributed by atoms with Gasteiger partial charge in [0.2, 0.25) is 6.54 Å². The Kier molecular flexibility index (Phi) is 11.6. The molecule has 0 saturated carbocycles. The molecule has 0 atom stereocenters. The number of nitrogens with zero attached hydrogens (tertiary/aromatic N) is 1. The van der Waals surface area contributed by atoms with Gasteiger partial charge < -0.3 is 25.5 Å². The highest BCUT2D eigenvalue weighted by Gasteiger charge is 2.18. The summed E-state index contributed by atoms with van der Waals surface area (Å²) < 4.78 is 7.96. The van der Waals surface area contributed by atoms with E-state index in [0.29, 0.717) is 18.2 Å². The molecule has 1 amide bonds. The molecule has 7 rings (SSSR count). The van der Waals surface area contributed by atoms with Crippen molar-refractivity contribution in [2.75, 3.05) is 26.2 Å². The number of halogens is 1. The molecule has 8 heteroatoms. The van der Waals surface area contributed by atoms with Crippen LogP contribution in [-0.4, -0.2) is 42.2 Å². The van der Waals surface area contributed by atoms with E-state index in [2.05, 4.69) is 66.0 Å². The van der Waals surface area contributed by atoms with Crippen LogP contribution < -0.4 is 19.9 Å². The van der Waals surface area contributed by atoms with Gasteiger partial charge in [-0.05, 0) is 96.8 Å². The zero-order chi connectivity index (χ0) is 37.4. The SMILES string of the molecule is Cc1c2cc[n+](CC(=O)NCCCCCNCCOc3ccc(/C(=C(/Cl)c4ccccc4)c4ccccc4)cc3)cc2c(C)c2c1[nH]c1ccc(O)cc12. The summed E-state index contributed by atoms with van der Waals surface area (Å²) in [6.45, 7) is 7.36. The van der Waals surface area contributed by atoms with Crippen LogP contribution in [-0.2, 0) is 11.3 Å². The van der Waals surface area contributed by atoms with Gasteiger partial charge in [-0.3, -0.25) is 4.79 Å². The fraction of sp³-hybridized carbons (Fsp3) is 0.217. The maximum absolute atomic E-state index is 12.8. The predicted octanol–water partition coefficient (Wildman–Crippen LogP) is 9.19. The first-order valence-corrected chi connectivity index (χ1v) is 19.0. The second-order valence-electron chi connectivity index (χ2n) is 13.8. The molecule has 0 aliphatic rings. The molecular formula is C46H46ClN4O3+. The molecule has 2 heterocycles. The van der Waals surface area contributed by atoms with Crippen molar-refractivity contribution in [2.45, 2.75) is 39.7 Å². The van der Waals surface area contributed by atoms with Crippen molar-refractivity contribution in [2.24, 2.45) is 0 Å². The second-order valence-corrected chi connectivity index (χ2v) is 14.1. The Morgan fingerprint density at radius 3 is 2.22 bits per heavy atom. The van der Waals surface area contributed by atoms with Gasteiger partial charge in [-0.25, -0.2) is 0 Å². The number of hydrogen-bond acceptors (Lipinski definition) is 4. The molecule has 0 fully saturated rings. The topological polar surface area (TPSA) is 90.3 Å². The van der Waals surface area contributed by atoms with Crippen LogP contribution in [0.2, 0.25) is 0 Å². The zero-order valence-electron chi connectivity index (χ0n) is 30.8. The van der Waals surface area contributed by atoms with E-state index in [0.717, 1.165) is 104 Å². The van der Waals surface area contributed by atoms with Crippen LogP contribution in [0.4, 0.5) is 0 Å². The van der Waals surface area contributed by atoms with E-state index in [1.807, 2.05) is 83.6 Å². The van der Waals surface area contributed by atoms with Crippen LogP contribution in [0.1, 0.15) is 47.1 Å². The Labute approximate surface area is 321 Å². The quantitative estimate of drug-likeness (QED) is 0.0480. The molecule has 2 aromatic heterocycles. The summed E-state index contributed by atoms with van der Waals surface area (Å²) in [4.78, 5) is 16.3. The molecule has 5 aromatic carbocycles. The summed E-state index contributed by atoms with van der Waals surface area (Å²) in [6, 6.07) is 35.9. The van der Waals surface area contributed by atoms with Crippen molar-refractivity contribution < 1.29 is 19.2 Å². The number of phenols is 1. The van der Waals surface area contributed by atoms with Crippen LogP contribution in [0, 0.1) is 13.8 Å². The van der Waals surface area contributed by atoms with Crippen molar-refractivity contribution in [3.05, 3.63) is 149 Å². The van der Waals surface area contributed by atoms with Gasteiger partial charge in [0.05, 0.1) is 10.5 Å². The third kappa shape index (κ3) is 8.28. The number of pyridine rings is 1. The fourth-order valence-corrected chi connectivity index (χ4v) is 7.57. The Morgan fingerprint density at radius 2 is 1.46 bits per heavy atom. The summed E-state index contributed by atoms with van der Waals surface area (Å²) in [5.74, 6) is 1.07. The van der Waals surface area contributed by atoms with Gasteiger partial charge in [-0.15, -0.1) is 0 Å². The second kappa shape index (κ2) is 17.0. The molecule has 0 unspecified atom stereocenters. The maximum Gasteiger partial charge on any atom is 0.285 e. The molecule has 0 aliphatic heterocycles. The summed E-state index contributed by atoms with van der Waals surface area (Å²) in [5.41, 5.74) is 8.42. The Bertz CT molecular complexity index is 2420. The number of nitrogens with one attached hydrogen (secondary N) is 3. The van der Waals surface area contributed by atoms with Gasteiger partial charge in [0, 0.05) is 46.4 Å². The molecule has 0 saturated heterocycles. The predicted molar refractivity (Wildman–Crippen MR) is 221 cm³/mol. The van der Waals surface area contributed by atoms with E-state index in [1.165, 1.54) is 0 Å². The van der Waals surface area contributed by atoms with Crippen molar-refractivity contribution in [3.63, 3.8) is 0 Å². The summed E-state index contributed by atoms with van der Waals surface area (Å²) in [5, 5.41) is 21.7. The number of benzene rings is 5. The molecule has 0 aliphatic carbocycles. The number of aryl methyl sites for hydroxylation is 2. The van der Waals surface area contributed by atoms with E-state index >= 15 is 0 Å². The lowest BCUT2D eigenvalue weighted by molar-refractivity contribution is -0.683. The smallest absolute Gasteiger partial charge is 0.285 e. The van der Waals surface area contributed by atoms with Crippen molar-refractivity contribution in [3.8, 4) is 11.5 Å². The van der Waals surface area contributed by atoms with Crippen LogP contribution in [0.15, 0.2) is 122 Å². The van der Waals surface area contributed by atoms with E-state index in [4.69, 9.17) is 16.3 Å². The number of fused-ring (bicyclic) bond motifs is 4. The highest BCUT2D eigenvalue weighted by Crippen LogP contribution is 2.38. The lowest BCUT2D eigenvalue weighted by Gasteiger charge is -2.14. The summed E-state index contributed by atoms with van der Waals surface area (Å²) >= 11 is 6.96. The number of aromatic hydroxyl groups is 1. The van der Waals surface area contributed by atoms with Gasteiger partial charge in [-0.2, -0.15) is 4.57 Å². The average Bonchev–Trinajstić information content (AvgIpc) is 3.58. The van der Waals surface area contributed by atoms with Crippen molar-refractivity contribution >= 4 is 60.7 Å². The molecule has 7 aromatic rings. The van der Waals surface area contributed by atoms with Crippen LogP contribution in [0.25, 0.3) is 43.2 Å². The number of aromatic amines is 1. The molecular weight excluding hydrogens is 692 g/mol. The number of aromatic nitrogens is 2. The zero-order valence-corrected chi connectivity index (χ0v) is 31.5. The number of phenolic OH excluding ortho intramolecular Hbond substituents is 1. The molecule has 0 radical (unpaired) electrons. The molecule has 4 N–H and O–H groups in total. The minimum atomic E-state index is 0.00160. The number of carbonyl (C=O) groups is 1. The number of H-pyrrole nitrogens is 1. The van der Waals surface area contributed by atoms with Crippen LogP contribution >= 0.6 is 11.6 Å². The van der Waals surface area contributed by atoms with Crippen molar-refractivity contribution in [1.29, 1.82) is 0 Å². The monoisotopic (exact) mass is 737 g/mol. The Morgan fingerprint density at radius 1 is 0.759 bits per heavy atom. The minimum Gasteiger partial charge on any atom is -0.508 e. The van der Waals surface area contributed by atoms with Gasteiger partial charge in [0.1, 0.15) is 18.1 Å². The lowest BCUT2D eigenvalue weighted by atomic mass is 9.95. The normalized spacial score (nSPS) is 12.0. The Balaban J connectivity index is 0.823. The van der Waals surface area contributed by atoms with E-state index in [1.54, 1.807) is 6.07 Å². The third-order valence-electron chi connectivity index (χ3n) is 10.0. The first kappa shape index (κ1) is 36.7. The Hall–Kier alpha value is -5.63. The molecule has 54 heavy (non-hydrogen) atoms. The van der Waals surface area contributed by atoms with E-state index in [-0.39, 0.29) is 18.2 Å². The molecule has 7 nitrogen and oxygen atoms in total. The number of unbranched alkanes of at least 4 members (excludes halogenated alkanes) is 2. The number of amides is 1. The van der Waals surface area contributed by atoms with E-state index < -0.39 is 0 Å². The summed E-state index contributed by atoms with van der Waals surface area (Å²) in [7, 11) is 0. The largest absolute Gasteiger partial charge is 0.508 e. The molecule has 0 spiro atoms. The van der Waals surface area contributed by atoms with Gasteiger partial charge in [0.15, 0.2) is 12.4 Å². The average molecular weight is 738 g/mol. The molecule has 0 bridgehead atoms. The summed E-state index contributed by atoms with van der Waals surface area (Å²) in [6.07, 6.45) is 7.01. The van der Waals surface area contributed by atoms with Crippen molar-refractivity contribution in [1.82, 2.24) is 15.6 Å². The van der Waals surface area contributed by atoms with Gasteiger partial charge in [0.25, 0.3) is 5.91 Å². The van der Waals surface area contributed by atoms with Crippen LogP contribution in [0.3, 0.4) is 0 Å². The first-order valence-electron chi connectivity index (χ1n) is 18.6. The highest BCUT2D eigenvalue weighted by atomic mass is 35.5. The third-order valence-corrected chi connectivity index (χ3v) is 10.4. The standard InChI is InChI=1S/C46H45ClN4O3/c1-31-40-29-51(26-22-38(40)32(2)46-43(31)39-28-36(52)18-21-41(39)50-46)30-42(53)49-24-11-5-10-23-48-25-27-54-37-19-16-34(17-20-37)44(33-12-6-3-7-13-33)45(47)35-14-8-4-9-15-35/h3-4,6-9,12-22,26,28-29,48H,5,10-11,23-25,27,30H2,1-2H3,(H2,49,52,53)/p+1/b45-44+.